The molecule has 8 nitrogen and oxygen atoms in total. The van der Waals surface area contributed by atoms with Crippen LogP contribution in [0.4, 0.5) is 26.3 Å². The summed E-state index contributed by atoms with van der Waals surface area (Å²) in [5, 5.41) is 0.362. The number of fused-ring (bicyclic) bond motifs is 1. The number of ether oxygens (including phenoxy) is 1. The molecule has 1 saturated heterocycles. The van der Waals surface area contributed by atoms with Crippen LogP contribution in [0.3, 0.4) is 0 Å². The normalized spacial score (nSPS) is 18.2. The van der Waals surface area contributed by atoms with Crippen LogP contribution < -0.4 is 4.74 Å². The first-order valence-electron chi connectivity index (χ1n) is 14.0. The molecule has 0 N–H and O–H groups in total. The Morgan fingerprint density at radius 3 is 2.29 bits per heavy atom. The topological polar surface area (TPSA) is 67.2 Å². The van der Waals surface area contributed by atoms with E-state index in [4.69, 9.17) is 11.6 Å². The minimum atomic E-state index is -5.35. The number of rotatable bonds is 8. The van der Waals surface area contributed by atoms with Gasteiger partial charge in [-0.1, -0.05) is 36.4 Å². The summed E-state index contributed by atoms with van der Waals surface area (Å²) in [6, 6.07) is 11.6. The number of halogens is 7. The van der Waals surface area contributed by atoms with Crippen molar-refractivity contribution in [3.8, 4) is 28.0 Å². The molecular weight excluding hydrogens is 630 g/mol. The molecule has 5 rings (SSSR count). The van der Waals surface area contributed by atoms with Crippen molar-refractivity contribution in [2.75, 3.05) is 45.7 Å². The van der Waals surface area contributed by atoms with Crippen molar-refractivity contribution in [2.45, 2.75) is 31.5 Å². The van der Waals surface area contributed by atoms with Crippen LogP contribution in [0.1, 0.15) is 28.5 Å². The second-order valence-corrected chi connectivity index (χ2v) is 11.3. The average Bonchev–Trinajstić information content (AvgIpc) is 3.37. The molecule has 242 valence electrons. The fourth-order valence-electron chi connectivity index (χ4n) is 5.51. The van der Waals surface area contributed by atoms with E-state index in [0.29, 0.717) is 22.7 Å². The number of carbonyl (C=O) groups excluding carboxylic acids is 2. The number of benzene rings is 2. The molecule has 0 saturated carbocycles. The zero-order valence-corrected chi connectivity index (χ0v) is 24.8. The summed E-state index contributed by atoms with van der Waals surface area (Å²) in [5.41, 5.74) is 2.17. The highest BCUT2D eigenvalue weighted by atomic mass is 35.5. The van der Waals surface area contributed by atoms with Gasteiger partial charge >= 0.3 is 24.4 Å². The highest BCUT2D eigenvalue weighted by Gasteiger charge is 2.46. The van der Waals surface area contributed by atoms with Crippen molar-refractivity contribution in [1.29, 1.82) is 0 Å². The van der Waals surface area contributed by atoms with Gasteiger partial charge in [-0.15, -0.1) is 24.8 Å². The first-order chi connectivity index (χ1) is 21.2. The summed E-state index contributed by atoms with van der Waals surface area (Å²) >= 11 is 6.00. The number of aromatic nitrogens is 1. The lowest BCUT2D eigenvalue weighted by Gasteiger charge is -2.33. The zero-order chi connectivity index (χ0) is 32.5. The molecule has 2 aromatic carbocycles. The van der Waals surface area contributed by atoms with Crippen LogP contribution in [0.25, 0.3) is 22.3 Å². The van der Waals surface area contributed by atoms with Gasteiger partial charge in [0, 0.05) is 55.9 Å². The van der Waals surface area contributed by atoms with E-state index in [1.807, 2.05) is 12.1 Å². The van der Waals surface area contributed by atoms with Gasteiger partial charge in [0.1, 0.15) is 11.4 Å². The summed E-state index contributed by atoms with van der Waals surface area (Å²) in [4.78, 5) is 34.5. The molecule has 0 radical (unpaired) electrons. The smallest absolute Gasteiger partial charge is 0.406 e. The molecule has 0 aliphatic carbocycles. The van der Waals surface area contributed by atoms with Gasteiger partial charge in [-0.25, -0.2) is 4.79 Å². The molecule has 0 bridgehead atoms. The Morgan fingerprint density at radius 2 is 1.67 bits per heavy atom. The van der Waals surface area contributed by atoms with E-state index in [-0.39, 0.29) is 29.1 Å². The Hall–Kier alpha value is -3.75. The largest absolute Gasteiger partial charge is 0.573 e. The van der Waals surface area contributed by atoms with Gasteiger partial charge in [-0.3, -0.25) is 9.69 Å². The first-order valence-corrected chi connectivity index (χ1v) is 14.5. The maximum Gasteiger partial charge on any atom is 0.573 e. The molecule has 3 heterocycles. The first kappa shape index (κ1) is 32.6. The third-order valence-electron chi connectivity index (χ3n) is 7.72. The Bertz CT molecular complexity index is 1530. The molecule has 2 aliphatic rings. The van der Waals surface area contributed by atoms with E-state index >= 15 is 0 Å². The minimum Gasteiger partial charge on any atom is -0.406 e. The standard InChI is InChI=1S/C30H29ClF6N4O4/c1-38-11-13-39(14-12-38)16-19-5-7-20(8-6-19)25-24(21-3-2-4-23(15-21)44-30(35,36)37)18-40-22(9-10-31)17-41(27(42)26(25)40)45-28(43)29(32,33)34/h2-8,15,18,22H,9-14,16-17H2,1H3. The molecule has 1 aromatic heterocycles. The van der Waals surface area contributed by atoms with Crippen LogP contribution >= 0.6 is 11.6 Å². The van der Waals surface area contributed by atoms with Crippen molar-refractivity contribution in [3.05, 3.63) is 66.0 Å². The van der Waals surface area contributed by atoms with Gasteiger partial charge in [0.05, 0.1) is 12.6 Å². The van der Waals surface area contributed by atoms with E-state index in [1.165, 1.54) is 16.7 Å². The molecule has 1 atom stereocenters. The molecule has 1 fully saturated rings. The van der Waals surface area contributed by atoms with E-state index < -0.39 is 42.8 Å². The maximum atomic E-state index is 13.7. The van der Waals surface area contributed by atoms with Crippen molar-refractivity contribution >= 4 is 23.5 Å². The Kier molecular flexibility index (Phi) is 9.38. The van der Waals surface area contributed by atoms with Gasteiger partial charge in [-0.2, -0.15) is 18.2 Å². The maximum absolute atomic E-state index is 13.7. The number of hydrogen-bond donors (Lipinski definition) is 0. The number of piperazine rings is 1. The number of nitrogens with zero attached hydrogens (tertiary/aromatic N) is 4. The minimum absolute atomic E-state index is 0.0537. The van der Waals surface area contributed by atoms with Gasteiger partial charge in [0.2, 0.25) is 0 Å². The molecule has 1 unspecified atom stereocenters. The number of likely N-dealkylation sites (N-methyl/N-ethyl adjacent to an activating group) is 1. The second kappa shape index (κ2) is 12.9. The number of alkyl halides is 7. The van der Waals surface area contributed by atoms with Gasteiger partial charge in [0.15, 0.2) is 0 Å². The monoisotopic (exact) mass is 658 g/mol. The van der Waals surface area contributed by atoms with E-state index in [2.05, 4.69) is 26.4 Å². The highest BCUT2D eigenvalue weighted by molar-refractivity contribution is 6.17. The Balaban J connectivity index is 1.60. The summed E-state index contributed by atoms with van der Waals surface area (Å²) in [6.45, 7) is 3.87. The lowest BCUT2D eigenvalue weighted by molar-refractivity contribution is -0.274. The number of hydrogen-bond acceptors (Lipinski definition) is 6. The molecule has 0 spiro atoms. The predicted octanol–water partition coefficient (Wildman–Crippen LogP) is 6.11. The number of amides is 1. The fourth-order valence-corrected chi connectivity index (χ4v) is 5.76. The predicted molar refractivity (Wildman–Crippen MR) is 152 cm³/mol. The SMILES string of the molecule is CN1CCN(Cc2ccc(-c3c(-c4cccc(OC(F)(F)F)c4)cn4c3C(=O)N(OC(=O)C(F)(F)F)CC4CCCl)cc2)CC1. The Morgan fingerprint density at radius 1 is 0.978 bits per heavy atom. The van der Waals surface area contributed by atoms with Crippen molar-refractivity contribution in [1.82, 2.24) is 19.4 Å². The average molecular weight is 659 g/mol. The van der Waals surface area contributed by atoms with Crippen molar-refractivity contribution < 1.29 is 45.5 Å². The van der Waals surface area contributed by atoms with Crippen LogP contribution in [0, 0.1) is 0 Å². The van der Waals surface area contributed by atoms with Gasteiger partial charge < -0.3 is 19.0 Å². The molecule has 2 aliphatic heterocycles. The summed E-state index contributed by atoms with van der Waals surface area (Å²) in [5.74, 6) is -4.03. The lowest BCUT2D eigenvalue weighted by atomic mass is 9.95. The summed E-state index contributed by atoms with van der Waals surface area (Å²) < 4.78 is 84.0. The van der Waals surface area contributed by atoms with Crippen LogP contribution in [0.5, 0.6) is 5.75 Å². The number of carbonyl (C=O) groups is 2. The third kappa shape index (κ3) is 7.56. The van der Waals surface area contributed by atoms with Crippen LogP contribution in [-0.2, 0) is 16.2 Å². The van der Waals surface area contributed by atoms with Crippen LogP contribution in [0.15, 0.2) is 54.7 Å². The van der Waals surface area contributed by atoms with Gasteiger partial charge in [0.25, 0.3) is 0 Å². The second-order valence-electron chi connectivity index (χ2n) is 10.9. The van der Waals surface area contributed by atoms with Crippen LogP contribution in [-0.4, -0.2) is 89.5 Å². The lowest BCUT2D eigenvalue weighted by Crippen LogP contribution is -2.46. The zero-order valence-electron chi connectivity index (χ0n) is 24.0. The van der Waals surface area contributed by atoms with Crippen molar-refractivity contribution in [2.24, 2.45) is 0 Å². The summed E-state index contributed by atoms with van der Waals surface area (Å²) in [6.07, 6.45) is -8.58. The molecule has 1 amide bonds. The third-order valence-corrected chi connectivity index (χ3v) is 7.94. The summed E-state index contributed by atoms with van der Waals surface area (Å²) in [7, 11) is 2.05. The van der Waals surface area contributed by atoms with E-state index in [1.54, 1.807) is 18.3 Å². The van der Waals surface area contributed by atoms with Crippen LogP contribution in [0.2, 0.25) is 0 Å². The molecule has 15 heteroatoms. The highest BCUT2D eigenvalue weighted by Crippen LogP contribution is 2.42. The fraction of sp³-hybridized carbons (Fsp3) is 0.400. The van der Waals surface area contributed by atoms with Gasteiger partial charge in [-0.05, 0) is 42.3 Å². The number of hydroxylamine groups is 2. The quantitative estimate of drug-likeness (QED) is 0.215. The molecule has 45 heavy (non-hydrogen) atoms. The van der Waals surface area contributed by atoms with E-state index in [0.717, 1.165) is 43.9 Å². The Labute approximate surface area is 259 Å². The van der Waals surface area contributed by atoms with Crippen molar-refractivity contribution in [3.63, 3.8) is 0 Å². The molecular formula is C30H29ClF6N4O4. The molecule has 3 aromatic rings. The van der Waals surface area contributed by atoms with E-state index in [9.17, 15) is 35.9 Å².